The maximum atomic E-state index is 12.8. The maximum absolute atomic E-state index is 12.8. The van der Waals surface area contributed by atoms with Gasteiger partial charge in [0, 0.05) is 18.7 Å². The van der Waals surface area contributed by atoms with Crippen LogP contribution in [0, 0.1) is 11.3 Å². The van der Waals surface area contributed by atoms with Crippen LogP contribution < -0.4 is 4.90 Å². The monoisotopic (exact) mass is 268 g/mol. The van der Waals surface area contributed by atoms with Gasteiger partial charge < -0.3 is 4.90 Å². The molecule has 2 rings (SSSR count). The summed E-state index contributed by atoms with van der Waals surface area (Å²) in [6.07, 6.45) is -4.24. The van der Waals surface area contributed by atoms with Crippen LogP contribution >= 0.6 is 0 Å². The Morgan fingerprint density at radius 2 is 2.11 bits per heavy atom. The predicted molar refractivity (Wildman–Crippen MR) is 62.6 cm³/mol. The lowest BCUT2D eigenvalue weighted by atomic mass is 10.1. The first-order valence-electron chi connectivity index (χ1n) is 5.75. The van der Waals surface area contributed by atoms with Crippen molar-refractivity contribution in [3.05, 3.63) is 29.3 Å². The molecule has 0 unspecified atom stereocenters. The van der Waals surface area contributed by atoms with Crippen LogP contribution in [0.2, 0.25) is 0 Å². The Morgan fingerprint density at radius 3 is 2.58 bits per heavy atom. The van der Waals surface area contributed by atoms with Gasteiger partial charge in [-0.05, 0) is 25.1 Å². The zero-order valence-electron chi connectivity index (χ0n) is 10.2. The van der Waals surface area contributed by atoms with E-state index in [0.717, 1.165) is 12.1 Å². The van der Waals surface area contributed by atoms with E-state index in [9.17, 15) is 18.0 Å². The van der Waals surface area contributed by atoms with Gasteiger partial charge in [0.2, 0.25) is 0 Å². The summed E-state index contributed by atoms with van der Waals surface area (Å²) in [5, 5.41) is 8.71. The molecule has 0 amide bonds. The van der Waals surface area contributed by atoms with Crippen LogP contribution in [-0.4, -0.2) is 18.4 Å². The van der Waals surface area contributed by atoms with Crippen LogP contribution in [0.5, 0.6) is 0 Å². The van der Waals surface area contributed by atoms with Crippen molar-refractivity contribution < 1.29 is 18.0 Å². The average molecular weight is 268 g/mol. The van der Waals surface area contributed by atoms with E-state index in [2.05, 4.69) is 0 Å². The van der Waals surface area contributed by atoms with E-state index >= 15 is 0 Å². The molecule has 1 aromatic carbocycles. The highest BCUT2D eigenvalue weighted by molar-refractivity contribution is 5.90. The summed E-state index contributed by atoms with van der Waals surface area (Å²) in [6.45, 7) is 2.07. The van der Waals surface area contributed by atoms with Crippen molar-refractivity contribution in [2.75, 3.05) is 11.4 Å². The first kappa shape index (κ1) is 13.4. The number of halogens is 3. The zero-order chi connectivity index (χ0) is 14.2. The maximum Gasteiger partial charge on any atom is 0.417 e. The number of carbonyl (C=O) groups is 1. The molecule has 19 heavy (non-hydrogen) atoms. The fourth-order valence-electron chi connectivity index (χ4n) is 2.20. The standard InChI is InChI=1S/C13H11F3N2O/c1-8-12(19)4-5-18(8)10-3-2-9(7-17)11(6-10)13(14,15)16/h2-3,6,8H,4-5H2,1H3/t8-/m0/s1. The molecular formula is C13H11F3N2O. The van der Waals surface area contributed by atoms with E-state index in [4.69, 9.17) is 5.26 Å². The molecule has 1 heterocycles. The van der Waals surface area contributed by atoms with Crippen LogP contribution in [0.25, 0.3) is 0 Å². The number of ketones is 1. The number of hydrogen-bond donors (Lipinski definition) is 0. The van der Waals surface area contributed by atoms with E-state index in [-0.39, 0.29) is 5.78 Å². The SMILES string of the molecule is C[C@H]1C(=O)CCN1c1ccc(C#N)c(C(F)(F)F)c1. The molecule has 0 N–H and O–H groups in total. The molecule has 3 nitrogen and oxygen atoms in total. The van der Waals surface area contributed by atoms with E-state index in [1.54, 1.807) is 11.8 Å². The molecule has 0 radical (unpaired) electrons. The van der Waals surface area contributed by atoms with E-state index in [1.807, 2.05) is 0 Å². The summed E-state index contributed by atoms with van der Waals surface area (Å²) < 4.78 is 38.5. The summed E-state index contributed by atoms with van der Waals surface area (Å²) in [5.41, 5.74) is -1.04. The van der Waals surface area contributed by atoms with Crippen LogP contribution in [0.15, 0.2) is 18.2 Å². The van der Waals surface area contributed by atoms with Gasteiger partial charge in [0.15, 0.2) is 5.78 Å². The third-order valence-corrected chi connectivity index (χ3v) is 3.29. The average Bonchev–Trinajstić information content (AvgIpc) is 2.68. The van der Waals surface area contributed by atoms with Gasteiger partial charge in [-0.3, -0.25) is 4.79 Å². The molecule has 1 saturated heterocycles. The molecule has 100 valence electrons. The van der Waals surface area contributed by atoms with Gasteiger partial charge >= 0.3 is 6.18 Å². The number of alkyl halides is 3. The van der Waals surface area contributed by atoms with Gasteiger partial charge in [-0.2, -0.15) is 18.4 Å². The van der Waals surface area contributed by atoms with Gasteiger partial charge in [0.25, 0.3) is 0 Å². The van der Waals surface area contributed by atoms with Crippen molar-refractivity contribution in [3.63, 3.8) is 0 Å². The first-order chi connectivity index (χ1) is 8.84. The highest BCUT2D eigenvalue weighted by atomic mass is 19.4. The number of nitrogens with zero attached hydrogens (tertiary/aromatic N) is 2. The summed E-state index contributed by atoms with van der Waals surface area (Å²) in [6, 6.07) is 4.64. The topological polar surface area (TPSA) is 44.1 Å². The third-order valence-electron chi connectivity index (χ3n) is 3.29. The van der Waals surface area contributed by atoms with Gasteiger partial charge in [-0.25, -0.2) is 0 Å². The molecule has 0 saturated carbocycles. The minimum Gasteiger partial charge on any atom is -0.361 e. The van der Waals surface area contributed by atoms with Crippen molar-refractivity contribution in [2.45, 2.75) is 25.6 Å². The smallest absolute Gasteiger partial charge is 0.361 e. The number of hydrogen-bond acceptors (Lipinski definition) is 3. The van der Waals surface area contributed by atoms with Crippen molar-refractivity contribution in [2.24, 2.45) is 0 Å². The van der Waals surface area contributed by atoms with Crippen LogP contribution in [0.1, 0.15) is 24.5 Å². The van der Waals surface area contributed by atoms with Gasteiger partial charge in [-0.1, -0.05) is 0 Å². The number of benzene rings is 1. The lowest BCUT2D eigenvalue weighted by Crippen LogP contribution is -2.30. The number of anilines is 1. The van der Waals surface area contributed by atoms with Crippen molar-refractivity contribution in [1.29, 1.82) is 5.26 Å². The normalized spacial score (nSPS) is 19.6. The molecule has 0 aromatic heterocycles. The van der Waals surface area contributed by atoms with Gasteiger partial charge in [0.1, 0.15) is 0 Å². The Morgan fingerprint density at radius 1 is 1.42 bits per heavy atom. The molecule has 1 aliphatic rings. The number of Topliss-reactive ketones (excluding diaryl/α,β-unsaturated/α-hetero) is 1. The zero-order valence-corrected chi connectivity index (χ0v) is 10.2. The van der Waals surface area contributed by atoms with Crippen LogP contribution in [-0.2, 0) is 11.0 Å². The second-order valence-corrected chi connectivity index (χ2v) is 4.43. The minimum absolute atomic E-state index is 0.0120. The second-order valence-electron chi connectivity index (χ2n) is 4.43. The van der Waals surface area contributed by atoms with Gasteiger partial charge in [0.05, 0.1) is 23.2 Å². The van der Waals surface area contributed by atoms with Crippen LogP contribution in [0.4, 0.5) is 18.9 Å². The Bertz CT molecular complexity index is 560. The molecule has 1 atom stereocenters. The van der Waals surface area contributed by atoms with E-state index in [0.29, 0.717) is 18.7 Å². The Kier molecular flexibility index (Phi) is 3.23. The quantitative estimate of drug-likeness (QED) is 0.786. The minimum atomic E-state index is -4.58. The highest BCUT2D eigenvalue weighted by Gasteiger charge is 2.35. The summed E-state index contributed by atoms with van der Waals surface area (Å²) in [4.78, 5) is 13.1. The number of rotatable bonds is 1. The Balaban J connectivity index is 2.45. The third kappa shape index (κ3) is 2.41. The fourth-order valence-corrected chi connectivity index (χ4v) is 2.20. The second kappa shape index (κ2) is 4.57. The molecular weight excluding hydrogens is 257 g/mol. The molecule has 1 fully saturated rings. The molecule has 1 aliphatic heterocycles. The predicted octanol–water partition coefficient (Wildman–Crippen LogP) is 2.74. The Labute approximate surface area is 108 Å². The van der Waals surface area contributed by atoms with E-state index in [1.165, 1.54) is 12.1 Å². The lowest BCUT2D eigenvalue weighted by molar-refractivity contribution is -0.137. The Hall–Kier alpha value is -2.03. The van der Waals surface area contributed by atoms with Crippen molar-refractivity contribution >= 4 is 11.5 Å². The molecule has 0 aliphatic carbocycles. The molecule has 6 heteroatoms. The summed E-state index contributed by atoms with van der Waals surface area (Å²) in [5.74, 6) is 0.0120. The molecule has 1 aromatic rings. The lowest BCUT2D eigenvalue weighted by Gasteiger charge is -2.23. The van der Waals surface area contributed by atoms with Gasteiger partial charge in [-0.15, -0.1) is 0 Å². The van der Waals surface area contributed by atoms with Crippen molar-refractivity contribution in [3.8, 4) is 6.07 Å². The highest BCUT2D eigenvalue weighted by Crippen LogP contribution is 2.35. The summed E-state index contributed by atoms with van der Waals surface area (Å²) >= 11 is 0. The first-order valence-corrected chi connectivity index (χ1v) is 5.75. The fraction of sp³-hybridized carbons (Fsp3) is 0.385. The largest absolute Gasteiger partial charge is 0.417 e. The number of carbonyl (C=O) groups excluding carboxylic acids is 1. The van der Waals surface area contributed by atoms with Crippen LogP contribution in [0.3, 0.4) is 0 Å². The molecule has 0 spiro atoms. The summed E-state index contributed by atoms with van der Waals surface area (Å²) in [7, 11) is 0. The molecule has 0 bridgehead atoms. The number of nitriles is 1. The van der Waals surface area contributed by atoms with Crippen molar-refractivity contribution in [1.82, 2.24) is 0 Å². The van der Waals surface area contributed by atoms with E-state index < -0.39 is 23.3 Å².